The summed E-state index contributed by atoms with van der Waals surface area (Å²) in [6.07, 6.45) is 2.34. The van der Waals surface area contributed by atoms with Crippen molar-refractivity contribution < 1.29 is 24.2 Å². The van der Waals surface area contributed by atoms with Crippen LogP contribution in [0.15, 0.2) is 52.3 Å². The number of hydrogen-bond acceptors (Lipinski definition) is 10. The minimum atomic E-state index is -1.15. The van der Waals surface area contributed by atoms with E-state index in [2.05, 4.69) is 14.7 Å². The molecule has 3 atom stereocenters. The Balaban J connectivity index is 1.44. The van der Waals surface area contributed by atoms with E-state index in [9.17, 15) is 19.5 Å². The number of aliphatic carboxylic acids is 1. The first-order valence-electron chi connectivity index (χ1n) is 10.8. The molecule has 3 unspecified atom stereocenters. The summed E-state index contributed by atoms with van der Waals surface area (Å²) in [4.78, 5) is 43.7. The summed E-state index contributed by atoms with van der Waals surface area (Å²) in [5.41, 5.74) is 1.48. The van der Waals surface area contributed by atoms with Gasteiger partial charge in [-0.2, -0.15) is 4.37 Å². The van der Waals surface area contributed by atoms with E-state index < -0.39 is 28.5 Å². The average Bonchev–Trinajstić information content (AvgIpc) is 3.39. The minimum Gasteiger partial charge on any atom is -0.477 e. The molecule has 13 heteroatoms. The van der Waals surface area contributed by atoms with Crippen molar-refractivity contribution in [3.05, 3.63) is 53.5 Å². The molecular weight excluding hydrogens is 529 g/mol. The molecule has 0 aliphatic carbocycles. The number of fused-ring (bicyclic) bond motifs is 1. The molecule has 2 aliphatic heterocycles. The number of amides is 2. The van der Waals surface area contributed by atoms with Crippen molar-refractivity contribution in [2.75, 3.05) is 24.1 Å². The Bertz CT molecular complexity index is 1080. The molecule has 35 heavy (non-hydrogen) atoms. The zero-order valence-corrected chi connectivity index (χ0v) is 22.1. The summed E-state index contributed by atoms with van der Waals surface area (Å²) in [6.45, 7) is 2.62. The summed E-state index contributed by atoms with van der Waals surface area (Å²) in [5, 5.41) is 11.7. The molecule has 0 saturated carbocycles. The number of carboxylic acids is 1. The number of nitrogens with zero attached hydrogens (tertiary/aromatic N) is 3. The normalized spacial score (nSPS) is 20.3. The molecule has 2 amide bonds. The van der Waals surface area contributed by atoms with Gasteiger partial charge in [-0.15, -0.1) is 23.5 Å². The van der Waals surface area contributed by atoms with Crippen LogP contribution in [0.3, 0.4) is 0 Å². The first-order valence-corrected chi connectivity index (χ1v) is 14.7. The van der Waals surface area contributed by atoms with Crippen LogP contribution in [0.2, 0.25) is 0 Å². The number of aromatic nitrogens is 2. The summed E-state index contributed by atoms with van der Waals surface area (Å²) < 4.78 is 10.2. The number of β-lactam (4-membered cyclic amide) rings is 1. The van der Waals surface area contributed by atoms with Crippen LogP contribution in [0.5, 0.6) is 0 Å². The maximum atomic E-state index is 13.2. The number of carboxylic acid groups (broad SMARTS) is 1. The van der Waals surface area contributed by atoms with E-state index in [1.807, 2.05) is 37.3 Å². The van der Waals surface area contributed by atoms with Gasteiger partial charge in [-0.25, -0.2) is 9.78 Å². The lowest BCUT2D eigenvalue weighted by Gasteiger charge is -2.49. The lowest BCUT2D eigenvalue weighted by atomic mass is 10.0. The molecule has 0 bridgehead atoms. The third-order valence-electron chi connectivity index (χ3n) is 5.27. The zero-order chi connectivity index (χ0) is 24.8. The molecule has 186 valence electrons. The minimum absolute atomic E-state index is 0.00298. The van der Waals surface area contributed by atoms with E-state index in [1.54, 1.807) is 0 Å². The molecule has 2 aliphatic rings. The van der Waals surface area contributed by atoms with Crippen LogP contribution in [-0.2, 0) is 19.1 Å². The predicted molar refractivity (Wildman–Crippen MR) is 138 cm³/mol. The van der Waals surface area contributed by atoms with Gasteiger partial charge in [0.1, 0.15) is 28.7 Å². The predicted octanol–water partition coefficient (Wildman–Crippen LogP) is 3.23. The fraction of sp³-hybridized carbons (Fsp3) is 0.409. The molecule has 0 spiro atoms. The first-order chi connectivity index (χ1) is 17.0. The molecule has 4 rings (SSSR count). The number of ether oxygens (including phenoxy) is 1. The van der Waals surface area contributed by atoms with Gasteiger partial charge in [0, 0.05) is 18.1 Å². The highest BCUT2D eigenvalue weighted by Gasteiger charge is 2.54. The van der Waals surface area contributed by atoms with Crippen molar-refractivity contribution in [2.45, 2.75) is 34.3 Å². The quantitative estimate of drug-likeness (QED) is 0.176. The number of hydrogen-bond donors (Lipinski definition) is 2. The highest BCUT2D eigenvalue weighted by Crippen LogP contribution is 2.42. The number of benzene rings is 1. The number of nitrogens with one attached hydrogen (secondary N) is 1. The molecule has 1 aromatic carbocycles. The van der Waals surface area contributed by atoms with Gasteiger partial charge in [-0.1, -0.05) is 49.0 Å². The van der Waals surface area contributed by atoms with Gasteiger partial charge in [-0.3, -0.25) is 14.5 Å². The number of carbonyl (C=O) groups excluding carboxylic acids is 2. The average molecular weight is 553 g/mol. The fourth-order valence-corrected chi connectivity index (χ4v) is 7.52. The highest BCUT2D eigenvalue weighted by molar-refractivity contribution is 8.01. The molecule has 1 aromatic heterocycles. The summed E-state index contributed by atoms with van der Waals surface area (Å²) >= 11 is 5.45. The first kappa shape index (κ1) is 26.0. The van der Waals surface area contributed by atoms with E-state index in [0.29, 0.717) is 29.6 Å². The molecule has 0 radical (unpaired) electrons. The Morgan fingerprint density at radius 1 is 1.34 bits per heavy atom. The molecule has 9 nitrogen and oxygen atoms in total. The van der Waals surface area contributed by atoms with Gasteiger partial charge in [0.2, 0.25) is 5.91 Å². The Labute approximate surface area is 219 Å². The van der Waals surface area contributed by atoms with Crippen molar-refractivity contribution in [3.63, 3.8) is 0 Å². The van der Waals surface area contributed by atoms with Gasteiger partial charge in [0.25, 0.3) is 5.91 Å². The van der Waals surface area contributed by atoms with Crippen LogP contribution in [0.25, 0.3) is 0 Å². The second-order valence-corrected chi connectivity index (χ2v) is 11.8. The van der Waals surface area contributed by atoms with Crippen LogP contribution in [-0.4, -0.2) is 72.6 Å². The van der Waals surface area contributed by atoms with E-state index in [4.69, 9.17) is 4.74 Å². The zero-order valence-electron chi connectivity index (χ0n) is 18.8. The van der Waals surface area contributed by atoms with Crippen molar-refractivity contribution >= 4 is 64.6 Å². The molecule has 2 N–H and O–H groups in total. The van der Waals surface area contributed by atoms with Gasteiger partial charge in [-0.05, 0) is 29.1 Å². The van der Waals surface area contributed by atoms with E-state index in [-0.39, 0.29) is 11.6 Å². The van der Waals surface area contributed by atoms with E-state index >= 15 is 0 Å². The summed E-state index contributed by atoms with van der Waals surface area (Å²) in [6, 6.07) is 8.57. The van der Waals surface area contributed by atoms with Gasteiger partial charge >= 0.3 is 5.97 Å². The van der Waals surface area contributed by atoms with Gasteiger partial charge in [0.05, 0.1) is 5.94 Å². The third kappa shape index (κ3) is 6.02. The van der Waals surface area contributed by atoms with Crippen LogP contribution in [0.1, 0.15) is 24.2 Å². The lowest BCUT2D eigenvalue weighted by molar-refractivity contribution is -0.150. The van der Waals surface area contributed by atoms with Gasteiger partial charge < -0.3 is 15.2 Å². The highest BCUT2D eigenvalue weighted by atomic mass is 32.2. The van der Waals surface area contributed by atoms with Crippen LogP contribution in [0, 0.1) is 0 Å². The second kappa shape index (κ2) is 12.3. The Hall–Kier alpha value is -2.06. The van der Waals surface area contributed by atoms with Crippen LogP contribution in [0.4, 0.5) is 0 Å². The van der Waals surface area contributed by atoms with E-state index in [1.165, 1.54) is 58.0 Å². The van der Waals surface area contributed by atoms with Crippen molar-refractivity contribution in [1.82, 2.24) is 19.6 Å². The van der Waals surface area contributed by atoms with Crippen molar-refractivity contribution in [3.8, 4) is 0 Å². The molecule has 1 fully saturated rings. The monoisotopic (exact) mass is 552 g/mol. The van der Waals surface area contributed by atoms with Gasteiger partial charge in [0.15, 0.2) is 4.34 Å². The summed E-state index contributed by atoms with van der Waals surface area (Å²) in [5.74, 6) is -0.640. The SMILES string of the molecule is CCCOCSC(C(=O)NC1C(=O)N2C(C(=O)O)=C(CSc3ncns3)CSC12)c1ccccc1. The van der Waals surface area contributed by atoms with E-state index in [0.717, 1.165) is 16.3 Å². The Kier molecular flexibility index (Phi) is 9.11. The smallest absolute Gasteiger partial charge is 0.352 e. The number of rotatable bonds is 12. The lowest BCUT2D eigenvalue weighted by Crippen LogP contribution is -2.70. The second-order valence-electron chi connectivity index (χ2n) is 7.63. The molecular formula is C22H24N4O5S4. The number of carbonyl (C=O) groups is 3. The van der Waals surface area contributed by atoms with Crippen LogP contribution >= 0.6 is 46.8 Å². The Morgan fingerprint density at radius 2 is 2.14 bits per heavy atom. The number of thioether (sulfide) groups is 3. The molecule has 2 aromatic rings. The standard InChI is InChI=1S/C22H24N4O5S4/c1-2-8-31-12-34-17(13-6-4-3-5-7-13)18(27)25-15-19(28)26-16(21(29)30)14(9-32-20(15)26)10-33-22-23-11-24-35-22/h3-7,11,15,17,20H,2,8-10,12H2,1H3,(H,25,27)(H,29,30). The molecule has 1 saturated heterocycles. The van der Waals surface area contributed by atoms with Crippen LogP contribution < -0.4 is 5.32 Å². The maximum absolute atomic E-state index is 13.2. The largest absolute Gasteiger partial charge is 0.477 e. The van der Waals surface area contributed by atoms with Crippen molar-refractivity contribution in [2.24, 2.45) is 0 Å². The maximum Gasteiger partial charge on any atom is 0.352 e. The fourth-order valence-electron chi connectivity index (χ4n) is 3.67. The van der Waals surface area contributed by atoms with Crippen molar-refractivity contribution in [1.29, 1.82) is 0 Å². The third-order valence-corrected chi connectivity index (χ3v) is 9.61. The summed E-state index contributed by atoms with van der Waals surface area (Å²) in [7, 11) is 0. The topological polar surface area (TPSA) is 122 Å². The molecule has 3 heterocycles. The Morgan fingerprint density at radius 3 is 2.83 bits per heavy atom.